The number of hydrogen-bond donors (Lipinski definition) is 3. The van der Waals surface area contributed by atoms with Gasteiger partial charge in [0.25, 0.3) is 10.0 Å². The van der Waals surface area contributed by atoms with Crippen LogP contribution in [-0.2, 0) is 16.6 Å². The second kappa shape index (κ2) is 5.33. The summed E-state index contributed by atoms with van der Waals surface area (Å²) in [7, 11) is -2.00. The first-order valence-corrected chi connectivity index (χ1v) is 6.99. The SMILES string of the molecule is CNCc1n[nH]c(C)c1S(=O)(=O)Nc1cncnc1. The molecule has 2 aromatic rings. The smallest absolute Gasteiger partial charge is 0.265 e. The summed E-state index contributed by atoms with van der Waals surface area (Å²) in [5.41, 5.74) is 1.22. The number of aromatic amines is 1. The molecule has 2 heterocycles. The van der Waals surface area contributed by atoms with Crippen LogP contribution in [0.4, 0.5) is 5.69 Å². The normalized spacial score (nSPS) is 11.5. The third-order valence-corrected chi connectivity index (χ3v) is 3.97. The third kappa shape index (κ3) is 2.88. The Bertz CT molecular complexity index is 652. The van der Waals surface area contributed by atoms with E-state index in [1.165, 1.54) is 18.7 Å². The van der Waals surface area contributed by atoms with Crippen molar-refractivity contribution in [1.82, 2.24) is 25.5 Å². The van der Waals surface area contributed by atoms with Gasteiger partial charge in [-0.05, 0) is 14.0 Å². The van der Waals surface area contributed by atoms with Gasteiger partial charge in [0, 0.05) is 6.54 Å². The minimum absolute atomic E-state index is 0.144. The fourth-order valence-electron chi connectivity index (χ4n) is 1.67. The van der Waals surface area contributed by atoms with E-state index in [9.17, 15) is 8.42 Å². The van der Waals surface area contributed by atoms with E-state index in [4.69, 9.17) is 0 Å². The summed E-state index contributed by atoms with van der Waals surface area (Å²) in [6, 6.07) is 0. The molecule has 0 amide bonds. The van der Waals surface area contributed by atoms with E-state index < -0.39 is 10.0 Å². The standard InChI is InChI=1S/C10H14N6O2S/c1-7-10(9(5-11-2)15-14-7)19(17,18)16-8-3-12-6-13-4-8/h3-4,6,11,16H,5H2,1-2H3,(H,14,15). The zero-order chi connectivity index (χ0) is 13.9. The number of nitrogens with one attached hydrogen (secondary N) is 3. The number of aryl methyl sites for hydroxylation is 1. The summed E-state index contributed by atoms with van der Waals surface area (Å²) in [4.78, 5) is 7.66. The van der Waals surface area contributed by atoms with Gasteiger partial charge in [0.2, 0.25) is 0 Å². The lowest BCUT2D eigenvalue weighted by molar-refractivity contribution is 0.598. The Labute approximate surface area is 110 Å². The molecule has 2 rings (SSSR count). The van der Waals surface area contributed by atoms with E-state index in [1.54, 1.807) is 14.0 Å². The van der Waals surface area contributed by atoms with Crippen molar-refractivity contribution < 1.29 is 8.42 Å². The number of nitrogens with zero attached hydrogens (tertiary/aromatic N) is 3. The average Bonchev–Trinajstić information content (AvgIpc) is 2.72. The maximum absolute atomic E-state index is 12.3. The summed E-state index contributed by atoms with van der Waals surface area (Å²) in [6.45, 7) is 2.01. The Balaban J connectivity index is 2.37. The van der Waals surface area contributed by atoms with E-state index in [0.29, 0.717) is 23.6 Å². The summed E-state index contributed by atoms with van der Waals surface area (Å²) in [6.07, 6.45) is 4.10. The van der Waals surface area contributed by atoms with E-state index >= 15 is 0 Å². The predicted molar refractivity (Wildman–Crippen MR) is 68.9 cm³/mol. The molecule has 0 fully saturated rings. The first-order valence-electron chi connectivity index (χ1n) is 5.51. The molecular weight excluding hydrogens is 268 g/mol. The maximum atomic E-state index is 12.3. The van der Waals surface area contributed by atoms with Crippen LogP contribution < -0.4 is 10.0 Å². The third-order valence-electron chi connectivity index (χ3n) is 2.39. The van der Waals surface area contributed by atoms with Crippen LogP contribution in [0.2, 0.25) is 0 Å². The number of sulfonamides is 1. The summed E-state index contributed by atoms with van der Waals surface area (Å²) in [5.74, 6) is 0. The molecule has 0 radical (unpaired) electrons. The molecule has 0 saturated carbocycles. The molecule has 0 saturated heterocycles. The predicted octanol–water partition coefficient (Wildman–Crippen LogP) is 0.0283. The van der Waals surface area contributed by atoms with Crippen LogP contribution in [0.15, 0.2) is 23.6 Å². The molecule has 0 atom stereocenters. The Morgan fingerprint density at radius 1 is 1.32 bits per heavy atom. The van der Waals surface area contributed by atoms with Crippen molar-refractivity contribution in [3.05, 3.63) is 30.1 Å². The fourth-order valence-corrected chi connectivity index (χ4v) is 3.07. The van der Waals surface area contributed by atoms with Crippen molar-refractivity contribution in [1.29, 1.82) is 0 Å². The second-order valence-electron chi connectivity index (χ2n) is 3.89. The van der Waals surface area contributed by atoms with Gasteiger partial charge in [0.05, 0.1) is 29.5 Å². The first-order chi connectivity index (χ1) is 9.04. The molecule has 0 spiro atoms. The number of hydrogen-bond acceptors (Lipinski definition) is 6. The molecule has 0 aliphatic heterocycles. The lowest BCUT2D eigenvalue weighted by atomic mass is 10.4. The summed E-state index contributed by atoms with van der Waals surface area (Å²) < 4.78 is 27.1. The van der Waals surface area contributed by atoms with Gasteiger partial charge < -0.3 is 5.32 Å². The van der Waals surface area contributed by atoms with E-state index in [1.807, 2.05) is 0 Å². The Morgan fingerprint density at radius 2 is 2.00 bits per heavy atom. The topological polar surface area (TPSA) is 113 Å². The second-order valence-corrected chi connectivity index (χ2v) is 5.51. The quantitative estimate of drug-likeness (QED) is 0.713. The molecule has 102 valence electrons. The highest BCUT2D eigenvalue weighted by Crippen LogP contribution is 2.20. The van der Waals surface area contributed by atoms with Gasteiger partial charge in [0.15, 0.2) is 0 Å². The lowest BCUT2D eigenvalue weighted by Gasteiger charge is -2.08. The van der Waals surface area contributed by atoms with Crippen LogP contribution in [0, 0.1) is 6.92 Å². The minimum atomic E-state index is -3.72. The van der Waals surface area contributed by atoms with Crippen LogP contribution in [-0.4, -0.2) is 35.6 Å². The maximum Gasteiger partial charge on any atom is 0.265 e. The lowest BCUT2D eigenvalue weighted by Crippen LogP contribution is -2.17. The van der Waals surface area contributed by atoms with E-state index in [2.05, 4.69) is 30.2 Å². The van der Waals surface area contributed by atoms with E-state index in [0.717, 1.165) is 0 Å². The summed E-state index contributed by atoms with van der Waals surface area (Å²) in [5, 5.41) is 9.52. The highest BCUT2D eigenvalue weighted by molar-refractivity contribution is 7.92. The molecule has 0 aliphatic rings. The van der Waals surface area contributed by atoms with Crippen LogP contribution in [0.1, 0.15) is 11.4 Å². The molecule has 19 heavy (non-hydrogen) atoms. The Kier molecular flexibility index (Phi) is 3.76. The molecule has 0 aliphatic carbocycles. The van der Waals surface area contributed by atoms with E-state index in [-0.39, 0.29) is 4.90 Å². The average molecular weight is 282 g/mol. The van der Waals surface area contributed by atoms with Gasteiger partial charge in [-0.15, -0.1) is 0 Å². The highest BCUT2D eigenvalue weighted by atomic mass is 32.2. The molecule has 0 aromatic carbocycles. The van der Waals surface area contributed by atoms with Crippen molar-refractivity contribution in [2.45, 2.75) is 18.4 Å². The van der Waals surface area contributed by atoms with Crippen molar-refractivity contribution in [2.24, 2.45) is 0 Å². The molecular formula is C10H14N6O2S. The van der Waals surface area contributed by atoms with Gasteiger partial charge in [-0.25, -0.2) is 18.4 Å². The first kappa shape index (κ1) is 13.4. The number of rotatable bonds is 5. The van der Waals surface area contributed by atoms with Crippen LogP contribution in [0.3, 0.4) is 0 Å². The monoisotopic (exact) mass is 282 g/mol. The van der Waals surface area contributed by atoms with Gasteiger partial charge in [-0.2, -0.15) is 5.10 Å². The number of aromatic nitrogens is 4. The molecule has 0 unspecified atom stereocenters. The van der Waals surface area contributed by atoms with Crippen molar-refractivity contribution in [3.63, 3.8) is 0 Å². The van der Waals surface area contributed by atoms with Gasteiger partial charge in [-0.3, -0.25) is 9.82 Å². The molecule has 3 N–H and O–H groups in total. The zero-order valence-corrected chi connectivity index (χ0v) is 11.3. The minimum Gasteiger partial charge on any atom is -0.314 e. The molecule has 2 aromatic heterocycles. The summed E-state index contributed by atoms with van der Waals surface area (Å²) >= 11 is 0. The van der Waals surface area contributed by atoms with Crippen LogP contribution in [0.25, 0.3) is 0 Å². The molecule has 9 heteroatoms. The largest absolute Gasteiger partial charge is 0.314 e. The van der Waals surface area contributed by atoms with Crippen molar-refractivity contribution in [2.75, 3.05) is 11.8 Å². The Hall–Kier alpha value is -2.00. The van der Waals surface area contributed by atoms with Crippen LogP contribution in [0.5, 0.6) is 0 Å². The highest BCUT2D eigenvalue weighted by Gasteiger charge is 2.24. The van der Waals surface area contributed by atoms with Gasteiger partial charge in [-0.1, -0.05) is 0 Å². The van der Waals surface area contributed by atoms with Crippen LogP contribution >= 0.6 is 0 Å². The van der Waals surface area contributed by atoms with Gasteiger partial charge >= 0.3 is 0 Å². The molecule has 0 bridgehead atoms. The van der Waals surface area contributed by atoms with Gasteiger partial charge in [0.1, 0.15) is 11.2 Å². The number of anilines is 1. The zero-order valence-electron chi connectivity index (χ0n) is 10.5. The molecule has 8 nitrogen and oxygen atoms in total. The number of H-pyrrole nitrogens is 1. The fraction of sp³-hybridized carbons (Fsp3) is 0.300. The Morgan fingerprint density at radius 3 is 2.63 bits per heavy atom. The van der Waals surface area contributed by atoms with Crippen molar-refractivity contribution in [3.8, 4) is 0 Å². The van der Waals surface area contributed by atoms with Crippen molar-refractivity contribution >= 4 is 15.7 Å².